The number of aliphatic carboxylic acids is 1. The molecule has 7 heteroatoms. The highest BCUT2D eigenvalue weighted by Crippen LogP contribution is 2.46. The van der Waals surface area contributed by atoms with Gasteiger partial charge in [0.1, 0.15) is 5.54 Å². The summed E-state index contributed by atoms with van der Waals surface area (Å²) in [6.45, 7) is 5.50. The first-order chi connectivity index (χ1) is 10.4. The molecule has 2 fully saturated rings. The minimum Gasteiger partial charge on any atom is -0.481 e. The van der Waals surface area contributed by atoms with Crippen LogP contribution in [-0.4, -0.2) is 46.3 Å². The van der Waals surface area contributed by atoms with E-state index in [1.165, 1.54) is 0 Å². The third-order valence-corrected chi connectivity index (χ3v) is 4.48. The van der Waals surface area contributed by atoms with Gasteiger partial charge in [0.05, 0.1) is 24.5 Å². The number of ether oxygens (including phenoxy) is 1. The molecule has 0 heterocycles. The summed E-state index contributed by atoms with van der Waals surface area (Å²) in [6, 6.07) is 0. The van der Waals surface area contributed by atoms with Gasteiger partial charge in [-0.25, -0.2) is 4.79 Å². The molecule has 2 saturated carbocycles. The molecular weight excluding hydrogens is 290 g/mol. The maximum atomic E-state index is 12.4. The summed E-state index contributed by atoms with van der Waals surface area (Å²) in [5, 5.41) is 21.4. The number of aliphatic hydroxyl groups excluding tert-OH is 1. The van der Waals surface area contributed by atoms with Crippen LogP contribution in [-0.2, 0) is 19.1 Å². The van der Waals surface area contributed by atoms with Crippen LogP contribution in [0, 0.1) is 17.8 Å². The minimum absolute atomic E-state index is 0.0463. The van der Waals surface area contributed by atoms with Crippen LogP contribution < -0.4 is 5.32 Å². The zero-order valence-electron chi connectivity index (χ0n) is 12.4. The zero-order chi connectivity index (χ0) is 16.5. The summed E-state index contributed by atoms with van der Waals surface area (Å²) >= 11 is 0. The molecule has 0 aliphatic heterocycles. The van der Waals surface area contributed by atoms with E-state index in [-0.39, 0.29) is 25.4 Å². The molecule has 1 amide bonds. The lowest BCUT2D eigenvalue weighted by Gasteiger charge is -2.21. The Morgan fingerprint density at radius 2 is 2.00 bits per heavy atom. The number of hydrogen-bond acceptors (Lipinski definition) is 5. The Kier molecular flexibility index (Phi) is 4.55. The second kappa shape index (κ2) is 6.08. The quantitative estimate of drug-likeness (QED) is 0.473. The van der Waals surface area contributed by atoms with Gasteiger partial charge >= 0.3 is 11.9 Å². The second-order valence-electron chi connectivity index (χ2n) is 5.90. The number of amides is 1. The number of nitrogens with one attached hydrogen (secondary N) is 1. The smallest absolute Gasteiger partial charge is 0.332 e. The molecule has 2 aliphatic carbocycles. The third-order valence-electron chi connectivity index (χ3n) is 4.48. The van der Waals surface area contributed by atoms with Gasteiger partial charge in [0.15, 0.2) is 0 Å². The Balaban J connectivity index is 2.11. The van der Waals surface area contributed by atoms with Gasteiger partial charge in [-0.05, 0) is 26.2 Å². The minimum atomic E-state index is -1.13. The van der Waals surface area contributed by atoms with Crippen LogP contribution in [0.25, 0.3) is 0 Å². The fourth-order valence-electron chi connectivity index (χ4n) is 3.15. The summed E-state index contributed by atoms with van der Waals surface area (Å²) < 4.78 is 4.99. The lowest BCUT2D eigenvalue weighted by Crippen LogP contribution is -2.49. The van der Waals surface area contributed by atoms with Crippen molar-refractivity contribution in [1.82, 2.24) is 5.32 Å². The van der Waals surface area contributed by atoms with Crippen LogP contribution in [0.3, 0.4) is 0 Å². The highest BCUT2D eigenvalue weighted by molar-refractivity contribution is 5.94. The molecule has 122 valence electrons. The molecule has 5 atom stereocenters. The van der Waals surface area contributed by atoms with Crippen LogP contribution in [0.1, 0.15) is 26.2 Å². The van der Waals surface area contributed by atoms with Crippen molar-refractivity contribution in [1.29, 1.82) is 0 Å². The number of carboxylic acid groups (broad SMARTS) is 1. The van der Waals surface area contributed by atoms with E-state index in [9.17, 15) is 19.5 Å². The Morgan fingerprint density at radius 1 is 1.36 bits per heavy atom. The van der Waals surface area contributed by atoms with E-state index in [0.717, 1.165) is 0 Å². The van der Waals surface area contributed by atoms with E-state index in [0.29, 0.717) is 6.42 Å². The van der Waals surface area contributed by atoms with Crippen molar-refractivity contribution in [3.63, 3.8) is 0 Å². The molecule has 0 aromatic heterocycles. The van der Waals surface area contributed by atoms with E-state index in [1.54, 1.807) is 13.0 Å². The predicted octanol–water partition coefficient (Wildman–Crippen LogP) is 0.0821. The van der Waals surface area contributed by atoms with E-state index < -0.39 is 41.3 Å². The van der Waals surface area contributed by atoms with E-state index in [2.05, 4.69) is 11.9 Å². The van der Waals surface area contributed by atoms with Gasteiger partial charge in [0, 0.05) is 5.92 Å². The number of rotatable bonds is 6. The molecule has 0 spiro atoms. The first kappa shape index (κ1) is 16.5. The Morgan fingerprint density at radius 3 is 2.50 bits per heavy atom. The van der Waals surface area contributed by atoms with Crippen molar-refractivity contribution >= 4 is 17.8 Å². The Bertz CT molecular complexity index is 504. The fourth-order valence-corrected chi connectivity index (χ4v) is 3.15. The van der Waals surface area contributed by atoms with Crippen molar-refractivity contribution in [3.8, 4) is 0 Å². The SMILES string of the molecule is C=CC1CC1(NC(=O)C1CC(O)CC1C(=O)O)C(=O)OCC. The number of aliphatic hydroxyl groups is 1. The van der Waals surface area contributed by atoms with E-state index >= 15 is 0 Å². The molecule has 3 N–H and O–H groups in total. The van der Waals surface area contributed by atoms with Crippen LogP contribution in [0.4, 0.5) is 0 Å². The van der Waals surface area contributed by atoms with Crippen molar-refractivity contribution in [2.45, 2.75) is 37.8 Å². The third kappa shape index (κ3) is 2.85. The van der Waals surface area contributed by atoms with E-state index in [1.807, 2.05) is 0 Å². The average Bonchev–Trinajstić information content (AvgIpc) is 3.02. The Hall–Kier alpha value is -1.89. The molecule has 7 nitrogen and oxygen atoms in total. The highest BCUT2D eigenvalue weighted by atomic mass is 16.5. The molecule has 5 unspecified atom stereocenters. The standard InChI is InChI=1S/C15H21NO6/c1-3-8-7-15(8,14(21)22-4-2)16-12(18)10-5-9(17)6-11(10)13(19)20/h3,8-11,17H,1,4-7H2,2H3,(H,16,18)(H,19,20). The highest BCUT2D eigenvalue weighted by Gasteiger charge is 2.62. The monoisotopic (exact) mass is 311 g/mol. The summed E-state index contributed by atoms with van der Waals surface area (Å²) in [4.78, 5) is 35.7. The number of carboxylic acids is 1. The van der Waals surface area contributed by atoms with Crippen molar-refractivity contribution in [2.75, 3.05) is 6.61 Å². The number of esters is 1. The van der Waals surface area contributed by atoms with Gasteiger partial charge in [-0.2, -0.15) is 0 Å². The second-order valence-corrected chi connectivity index (χ2v) is 5.90. The predicted molar refractivity (Wildman–Crippen MR) is 75.7 cm³/mol. The zero-order valence-corrected chi connectivity index (χ0v) is 12.4. The molecule has 0 bridgehead atoms. The van der Waals surface area contributed by atoms with Gasteiger partial charge in [-0.15, -0.1) is 6.58 Å². The lowest BCUT2D eigenvalue weighted by molar-refractivity contribution is -0.150. The molecule has 0 aromatic carbocycles. The van der Waals surface area contributed by atoms with Crippen LogP contribution >= 0.6 is 0 Å². The van der Waals surface area contributed by atoms with E-state index in [4.69, 9.17) is 9.84 Å². The maximum Gasteiger partial charge on any atom is 0.332 e. The van der Waals surface area contributed by atoms with Gasteiger partial charge in [0.2, 0.25) is 5.91 Å². The summed E-state index contributed by atoms with van der Waals surface area (Å²) in [5.74, 6) is -4.16. The van der Waals surface area contributed by atoms with Crippen LogP contribution in [0.5, 0.6) is 0 Å². The molecule has 2 rings (SSSR count). The summed E-state index contributed by atoms with van der Waals surface area (Å²) in [5.41, 5.74) is -1.13. The van der Waals surface area contributed by atoms with Crippen molar-refractivity contribution in [2.24, 2.45) is 17.8 Å². The van der Waals surface area contributed by atoms with Crippen LogP contribution in [0.2, 0.25) is 0 Å². The Labute approximate surface area is 128 Å². The first-order valence-electron chi connectivity index (χ1n) is 7.38. The van der Waals surface area contributed by atoms with Gasteiger partial charge in [0.25, 0.3) is 0 Å². The van der Waals surface area contributed by atoms with Gasteiger partial charge < -0.3 is 20.3 Å². The molecule has 0 aromatic rings. The first-order valence-corrected chi connectivity index (χ1v) is 7.38. The summed E-state index contributed by atoms with van der Waals surface area (Å²) in [6.07, 6.45) is 1.29. The number of carbonyl (C=O) groups excluding carboxylic acids is 2. The molecule has 22 heavy (non-hydrogen) atoms. The van der Waals surface area contributed by atoms with Gasteiger partial charge in [-0.3, -0.25) is 9.59 Å². The normalized spacial score (nSPS) is 36.5. The largest absolute Gasteiger partial charge is 0.481 e. The number of carbonyl (C=O) groups is 3. The van der Waals surface area contributed by atoms with Crippen molar-refractivity contribution < 1.29 is 29.3 Å². The molecular formula is C15H21NO6. The number of hydrogen-bond donors (Lipinski definition) is 3. The average molecular weight is 311 g/mol. The topological polar surface area (TPSA) is 113 Å². The van der Waals surface area contributed by atoms with Gasteiger partial charge in [-0.1, -0.05) is 6.08 Å². The molecule has 2 aliphatic rings. The summed E-state index contributed by atoms with van der Waals surface area (Å²) in [7, 11) is 0. The van der Waals surface area contributed by atoms with Crippen LogP contribution in [0.15, 0.2) is 12.7 Å². The van der Waals surface area contributed by atoms with Crippen molar-refractivity contribution in [3.05, 3.63) is 12.7 Å². The molecule has 0 saturated heterocycles. The lowest BCUT2D eigenvalue weighted by atomic mass is 9.94. The molecule has 0 radical (unpaired) electrons. The fraction of sp³-hybridized carbons (Fsp3) is 0.667. The maximum absolute atomic E-state index is 12.4.